The largest absolute Gasteiger partial charge is 0.416 e. The third-order valence-corrected chi connectivity index (χ3v) is 7.87. The van der Waals surface area contributed by atoms with Crippen LogP contribution in [0.25, 0.3) is 17.0 Å². The molecule has 1 atom stereocenters. The Balaban J connectivity index is 1.38. The third kappa shape index (κ3) is 5.55. The summed E-state index contributed by atoms with van der Waals surface area (Å²) in [6.45, 7) is 0.847. The van der Waals surface area contributed by atoms with Crippen LogP contribution < -0.4 is 0 Å². The molecular formula is C26H22F6N4O2S. The van der Waals surface area contributed by atoms with Crippen molar-refractivity contribution < 1.29 is 35.9 Å². The number of likely N-dealkylation sites (N-methyl/N-ethyl adjacent to an activating group) is 1. The molecule has 0 bridgehead atoms. The topological polar surface area (TPSA) is 58.4 Å². The lowest BCUT2D eigenvalue weighted by Gasteiger charge is -2.23. The van der Waals surface area contributed by atoms with E-state index in [1.807, 2.05) is 7.05 Å². The minimum absolute atomic E-state index is 0.108. The summed E-state index contributed by atoms with van der Waals surface area (Å²) in [5.74, 6) is -0.372. The van der Waals surface area contributed by atoms with Crippen molar-refractivity contribution in [1.82, 2.24) is 19.6 Å². The Hall–Kier alpha value is -3.32. The number of amides is 2. The highest BCUT2D eigenvalue weighted by Gasteiger charge is 2.39. The summed E-state index contributed by atoms with van der Waals surface area (Å²) in [4.78, 5) is 29.0. The molecular weight excluding hydrogens is 546 g/mol. The molecule has 6 nitrogen and oxygen atoms in total. The number of aromatic nitrogens is 2. The molecule has 1 aromatic heterocycles. The van der Waals surface area contributed by atoms with Crippen molar-refractivity contribution in [3.8, 4) is 0 Å². The molecule has 0 aliphatic carbocycles. The number of hydrogen-bond donors (Lipinski definition) is 0. The second-order valence-corrected chi connectivity index (χ2v) is 10.6. The average molecular weight is 569 g/mol. The molecule has 2 aliphatic heterocycles. The van der Waals surface area contributed by atoms with Crippen LogP contribution in [0.2, 0.25) is 0 Å². The summed E-state index contributed by atoms with van der Waals surface area (Å²) in [6, 6.07) is 6.58. The van der Waals surface area contributed by atoms with Crippen LogP contribution in [0.4, 0.5) is 31.1 Å². The number of hydrogen-bond acceptors (Lipinski definition) is 5. The molecule has 2 amide bonds. The van der Waals surface area contributed by atoms with E-state index in [9.17, 15) is 35.9 Å². The van der Waals surface area contributed by atoms with Crippen molar-refractivity contribution in [2.75, 3.05) is 20.1 Å². The molecule has 0 N–H and O–H groups in total. The molecule has 0 spiro atoms. The first kappa shape index (κ1) is 27.3. The van der Waals surface area contributed by atoms with E-state index in [-0.39, 0.29) is 33.7 Å². The van der Waals surface area contributed by atoms with Gasteiger partial charge in [-0.3, -0.25) is 19.2 Å². The van der Waals surface area contributed by atoms with Gasteiger partial charge in [-0.1, -0.05) is 12.1 Å². The van der Waals surface area contributed by atoms with Crippen LogP contribution in [0.5, 0.6) is 0 Å². The Morgan fingerprint density at radius 2 is 1.82 bits per heavy atom. The SMILES string of the molecule is CN1CCC[C@H]1CN1C(=O)S/C(=C\c2ccc3c(cnn3Cc3ccc(C(F)(F)F)cc3C(F)(F)F)c2)C1=O. The van der Waals surface area contributed by atoms with Crippen molar-refractivity contribution in [3.63, 3.8) is 0 Å². The number of nitrogens with zero attached hydrogens (tertiary/aromatic N) is 4. The van der Waals surface area contributed by atoms with Crippen molar-refractivity contribution in [3.05, 3.63) is 69.8 Å². The predicted octanol–water partition coefficient (Wildman–Crippen LogP) is 6.25. The highest BCUT2D eigenvalue weighted by Crippen LogP contribution is 2.38. The quantitative estimate of drug-likeness (QED) is 0.269. The van der Waals surface area contributed by atoms with Gasteiger partial charge in [0.2, 0.25) is 0 Å². The summed E-state index contributed by atoms with van der Waals surface area (Å²) >= 11 is 0.853. The molecule has 2 fully saturated rings. The van der Waals surface area contributed by atoms with E-state index in [0.29, 0.717) is 29.1 Å². The summed E-state index contributed by atoms with van der Waals surface area (Å²) in [5.41, 5.74) is -2.06. The van der Waals surface area contributed by atoms with Gasteiger partial charge in [-0.2, -0.15) is 31.4 Å². The molecule has 39 heavy (non-hydrogen) atoms. The number of thioether (sulfide) groups is 1. The van der Waals surface area contributed by atoms with Crippen LogP contribution in [-0.2, 0) is 23.7 Å². The van der Waals surface area contributed by atoms with E-state index in [2.05, 4.69) is 10.00 Å². The number of benzene rings is 2. The number of imide groups is 1. The van der Waals surface area contributed by atoms with E-state index in [1.54, 1.807) is 24.3 Å². The van der Waals surface area contributed by atoms with E-state index < -0.39 is 30.0 Å². The Bertz CT molecular complexity index is 1480. The molecule has 5 rings (SSSR count). The number of carbonyl (C=O) groups excluding carboxylic acids is 2. The number of halogens is 6. The smallest absolute Gasteiger partial charge is 0.302 e. The van der Waals surface area contributed by atoms with E-state index in [4.69, 9.17) is 0 Å². The lowest BCUT2D eigenvalue weighted by Crippen LogP contribution is -2.40. The van der Waals surface area contributed by atoms with Gasteiger partial charge in [-0.05, 0) is 79.7 Å². The van der Waals surface area contributed by atoms with Crippen LogP contribution in [-0.4, -0.2) is 56.9 Å². The Labute approximate surface area is 223 Å². The highest BCUT2D eigenvalue weighted by molar-refractivity contribution is 8.18. The van der Waals surface area contributed by atoms with Crippen LogP contribution in [0, 0.1) is 0 Å². The fourth-order valence-corrected chi connectivity index (χ4v) is 5.71. The number of likely N-dealkylation sites (tertiary alicyclic amines) is 1. The van der Waals surface area contributed by atoms with Crippen molar-refractivity contribution in [2.24, 2.45) is 0 Å². The fraction of sp³-hybridized carbons (Fsp3) is 0.346. The second kappa shape index (κ2) is 10.0. The van der Waals surface area contributed by atoms with Crippen LogP contribution in [0.15, 0.2) is 47.5 Å². The van der Waals surface area contributed by atoms with Crippen molar-refractivity contribution in [2.45, 2.75) is 37.8 Å². The summed E-state index contributed by atoms with van der Waals surface area (Å²) in [7, 11) is 1.96. The number of alkyl halides is 6. The molecule has 206 valence electrons. The number of rotatable bonds is 5. The summed E-state index contributed by atoms with van der Waals surface area (Å²) < 4.78 is 80.9. The van der Waals surface area contributed by atoms with Gasteiger partial charge in [-0.15, -0.1) is 0 Å². The molecule has 13 heteroatoms. The zero-order valence-electron chi connectivity index (χ0n) is 20.5. The lowest BCUT2D eigenvalue weighted by molar-refractivity contribution is -0.143. The zero-order chi connectivity index (χ0) is 28.1. The first-order valence-electron chi connectivity index (χ1n) is 12.0. The van der Waals surface area contributed by atoms with E-state index in [0.717, 1.165) is 37.2 Å². The molecule has 0 saturated carbocycles. The van der Waals surface area contributed by atoms with Gasteiger partial charge in [0.15, 0.2) is 0 Å². The van der Waals surface area contributed by atoms with Gasteiger partial charge < -0.3 is 4.90 Å². The van der Waals surface area contributed by atoms with E-state index >= 15 is 0 Å². The minimum Gasteiger partial charge on any atom is -0.302 e. The molecule has 2 saturated heterocycles. The standard InChI is InChI=1S/C26H22F6N4O2S/c1-34-8-2-3-19(34)14-35-23(37)22(39-24(35)38)10-15-4-7-21-17(9-15)12-33-36(21)13-16-5-6-18(25(27,28)29)11-20(16)26(30,31)32/h4-7,9-12,19H,2-3,8,13-14H2,1H3/b22-10-/t19-/m0/s1. The molecule has 2 aromatic carbocycles. The monoisotopic (exact) mass is 568 g/mol. The summed E-state index contributed by atoms with van der Waals surface area (Å²) in [6.07, 6.45) is -4.96. The van der Waals surface area contributed by atoms with Crippen molar-refractivity contribution in [1.29, 1.82) is 0 Å². The predicted molar refractivity (Wildman–Crippen MR) is 134 cm³/mol. The maximum Gasteiger partial charge on any atom is 0.416 e. The van der Waals surface area contributed by atoms with Gasteiger partial charge in [-0.25, -0.2) is 0 Å². The maximum atomic E-state index is 13.6. The highest BCUT2D eigenvalue weighted by atomic mass is 32.2. The van der Waals surface area contributed by atoms with Crippen LogP contribution in [0.3, 0.4) is 0 Å². The molecule has 0 unspecified atom stereocenters. The van der Waals surface area contributed by atoms with Gasteiger partial charge in [0, 0.05) is 18.0 Å². The molecule has 3 heterocycles. The second-order valence-electron chi connectivity index (χ2n) is 9.56. The molecule has 2 aliphatic rings. The van der Waals surface area contributed by atoms with Gasteiger partial charge in [0.05, 0.1) is 34.3 Å². The normalized spacial score (nSPS) is 20.2. The number of fused-ring (bicyclic) bond motifs is 1. The van der Waals surface area contributed by atoms with Crippen LogP contribution >= 0.6 is 11.8 Å². The minimum atomic E-state index is -4.98. The van der Waals surface area contributed by atoms with Gasteiger partial charge in [0.25, 0.3) is 11.1 Å². The van der Waals surface area contributed by atoms with E-state index in [1.165, 1.54) is 15.8 Å². The zero-order valence-corrected chi connectivity index (χ0v) is 21.3. The Morgan fingerprint density at radius 1 is 1.05 bits per heavy atom. The first-order chi connectivity index (χ1) is 18.3. The average Bonchev–Trinajstić information content (AvgIpc) is 3.52. The molecule has 3 aromatic rings. The van der Waals surface area contributed by atoms with Crippen molar-refractivity contribution >= 4 is 39.9 Å². The van der Waals surface area contributed by atoms with Gasteiger partial charge >= 0.3 is 12.4 Å². The maximum absolute atomic E-state index is 13.6. The third-order valence-electron chi connectivity index (χ3n) is 6.96. The Kier molecular flexibility index (Phi) is 7.00. The Morgan fingerprint density at radius 3 is 2.49 bits per heavy atom. The van der Waals surface area contributed by atoms with Gasteiger partial charge in [0.1, 0.15) is 0 Å². The number of carbonyl (C=O) groups is 2. The lowest BCUT2D eigenvalue weighted by atomic mass is 10.0. The molecule has 0 radical (unpaired) electrons. The fourth-order valence-electron chi connectivity index (χ4n) is 4.87. The summed E-state index contributed by atoms with van der Waals surface area (Å²) in [5, 5.41) is 4.34. The van der Waals surface area contributed by atoms with Crippen LogP contribution in [0.1, 0.15) is 35.1 Å². The first-order valence-corrected chi connectivity index (χ1v) is 12.8.